The molecule has 1 amide bonds. The topological polar surface area (TPSA) is 60.5 Å². The molecule has 1 heterocycles. The highest BCUT2D eigenvalue weighted by molar-refractivity contribution is 6.04. The summed E-state index contributed by atoms with van der Waals surface area (Å²) in [6.07, 6.45) is 0. The van der Waals surface area contributed by atoms with Gasteiger partial charge in [-0.25, -0.2) is 13.9 Å². The number of halogens is 1. The van der Waals surface area contributed by atoms with Crippen LogP contribution in [0.25, 0.3) is 10.5 Å². The minimum atomic E-state index is -0.601. The minimum Gasteiger partial charge on any atom is -0.494 e. The zero-order valence-electron chi connectivity index (χ0n) is 14.2. The lowest BCUT2D eigenvalue weighted by atomic mass is 10.2. The number of amides is 1. The highest BCUT2D eigenvalue weighted by atomic mass is 19.1. The molecule has 0 bridgehead atoms. The van der Waals surface area contributed by atoms with Gasteiger partial charge in [0.25, 0.3) is 5.91 Å². The van der Waals surface area contributed by atoms with E-state index in [0.717, 1.165) is 0 Å². The summed E-state index contributed by atoms with van der Waals surface area (Å²) in [5, 5.41) is 6.85. The number of aryl methyl sites for hydroxylation is 1. The predicted molar refractivity (Wildman–Crippen MR) is 95.5 cm³/mol. The Kier molecular flexibility index (Phi) is 4.67. The summed E-state index contributed by atoms with van der Waals surface area (Å²) in [5.74, 6) is -0.922. The van der Waals surface area contributed by atoms with Gasteiger partial charge in [-0.3, -0.25) is 4.79 Å². The summed E-state index contributed by atoms with van der Waals surface area (Å²) in [6.45, 7) is 8.87. The smallest absolute Gasteiger partial charge is 0.274 e. The van der Waals surface area contributed by atoms with Crippen molar-refractivity contribution in [2.75, 3.05) is 12.4 Å². The minimum absolute atomic E-state index is 0.0414. The molecule has 0 unspecified atom stereocenters. The number of rotatable bonds is 4. The van der Waals surface area contributed by atoms with Crippen LogP contribution in [0.2, 0.25) is 0 Å². The van der Waals surface area contributed by atoms with E-state index in [-0.39, 0.29) is 17.1 Å². The van der Waals surface area contributed by atoms with Gasteiger partial charge < -0.3 is 10.1 Å². The summed E-state index contributed by atoms with van der Waals surface area (Å²) in [7, 11) is 1.40. The number of carbonyl (C=O) groups excluding carboxylic acids is 1. The Morgan fingerprint density at radius 3 is 2.77 bits per heavy atom. The molecule has 0 aliphatic carbocycles. The number of hydrogen-bond acceptors (Lipinski definition) is 3. The van der Waals surface area contributed by atoms with Crippen molar-refractivity contribution in [1.82, 2.24) is 9.78 Å². The van der Waals surface area contributed by atoms with Crippen LogP contribution in [0.1, 0.15) is 16.2 Å². The van der Waals surface area contributed by atoms with Crippen molar-refractivity contribution in [3.63, 3.8) is 0 Å². The first-order valence-corrected chi connectivity index (χ1v) is 7.72. The Balaban J connectivity index is 2.01. The number of para-hydroxylation sites is 1. The molecule has 26 heavy (non-hydrogen) atoms. The molecule has 0 fully saturated rings. The largest absolute Gasteiger partial charge is 0.494 e. The number of carbonyl (C=O) groups is 1. The van der Waals surface area contributed by atoms with E-state index < -0.39 is 11.7 Å². The van der Waals surface area contributed by atoms with Gasteiger partial charge in [0, 0.05) is 0 Å². The number of anilines is 1. The van der Waals surface area contributed by atoms with Gasteiger partial charge in [-0.1, -0.05) is 18.2 Å². The molecule has 3 rings (SSSR count). The average molecular weight is 350 g/mol. The lowest BCUT2D eigenvalue weighted by molar-refractivity contribution is 0.101. The van der Waals surface area contributed by atoms with Crippen molar-refractivity contribution >= 4 is 17.3 Å². The quantitative estimate of drug-likeness (QED) is 0.720. The van der Waals surface area contributed by atoms with E-state index in [2.05, 4.69) is 15.3 Å². The number of nitrogens with one attached hydrogen (secondary N) is 1. The average Bonchev–Trinajstić information content (AvgIpc) is 3.05. The summed E-state index contributed by atoms with van der Waals surface area (Å²) >= 11 is 0. The Bertz CT molecular complexity index is 1020. The molecular formula is C19H15FN4O2. The van der Waals surface area contributed by atoms with Crippen LogP contribution in [-0.4, -0.2) is 22.8 Å². The van der Waals surface area contributed by atoms with Gasteiger partial charge >= 0.3 is 0 Å². The van der Waals surface area contributed by atoms with E-state index in [1.165, 1.54) is 23.9 Å². The predicted octanol–water partition coefficient (Wildman–Crippen LogP) is 4.13. The fraction of sp³-hybridized carbons (Fsp3) is 0.105. The second-order valence-electron chi connectivity index (χ2n) is 5.49. The summed E-state index contributed by atoms with van der Waals surface area (Å²) in [4.78, 5) is 16.1. The number of nitrogens with zero attached hydrogens (tertiary/aromatic N) is 3. The van der Waals surface area contributed by atoms with Crippen LogP contribution in [-0.2, 0) is 0 Å². The van der Waals surface area contributed by atoms with Gasteiger partial charge in [0.1, 0.15) is 17.1 Å². The van der Waals surface area contributed by atoms with Crippen LogP contribution in [0.3, 0.4) is 0 Å². The first kappa shape index (κ1) is 17.2. The molecule has 3 aromatic rings. The second kappa shape index (κ2) is 7.07. The Morgan fingerprint density at radius 2 is 2.04 bits per heavy atom. The van der Waals surface area contributed by atoms with Gasteiger partial charge in [0.2, 0.25) is 0 Å². The number of benzene rings is 2. The first-order chi connectivity index (χ1) is 12.5. The fourth-order valence-electron chi connectivity index (χ4n) is 2.53. The first-order valence-electron chi connectivity index (χ1n) is 7.72. The maximum atomic E-state index is 14.1. The van der Waals surface area contributed by atoms with Crippen molar-refractivity contribution < 1.29 is 13.9 Å². The van der Waals surface area contributed by atoms with Crippen LogP contribution in [0.15, 0.2) is 48.5 Å². The molecule has 0 spiro atoms. The van der Waals surface area contributed by atoms with Gasteiger partial charge in [-0.2, -0.15) is 5.10 Å². The molecule has 1 aromatic heterocycles. The van der Waals surface area contributed by atoms with Crippen molar-refractivity contribution in [3.05, 3.63) is 77.2 Å². The molecule has 130 valence electrons. The molecule has 0 aliphatic heterocycles. The van der Waals surface area contributed by atoms with Gasteiger partial charge in [0.15, 0.2) is 11.5 Å². The van der Waals surface area contributed by atoms with E-state index in [1.54, 1.807) is 43.3 Å². The Hall–Kier alpha value is -3.66. The molecule has 1 N–H and O–H groups in total. The number of ether oxygens (including phenoxy) is 1. The normalized spacial score (nSPS) is 10.2. The molecule has 0 radical (unpaired) electrons. The molecule has 2 aromatic carbocycles. The Labute approximate surface area is 149 Å². The second-order valence-corrected chi connectivity index (χ2v) is 5.49. The van der Waals surface area contributed by atoms with Crippen LogP contribution < -0.4 is 10.1 Å². The van der Waals surface area contributed by atoms with Crippen molar-refractivity contribution in [3.8, 4) is 11.4 Å². The zero-order chi connectivity index (χ0) is 18.7. The zero-order valence-corrected chi connectivity index (χ0v) is 14.2. The van der Waals surface area contributed by atoms with E-state index in [0.29, 0.717) is 17.1 Å². The third kappa shape index (κ3) is 3.26. The summed E-state index contributed by atoms with van der Waals surface area (Å²) in [5.41, 5.74) is 1.79. The molecule has 7 heteroatoms. The highest BCUT2D eigenvalue weighted by Crippen LogP contribution is 2.28. The van der Waals surface area contributed by atoms with Gasteiger partial charge in [-0.05, 0) is 37.3 Å². The molecule has 0 atom stereocenters. The third-order valence-electron chi connectivity index (χ3n) is 3.70. The summed E-state index contributed by atoms with van der Waals surface area (Å²) < 4.78 is 20.6. The maximum Gasteiger partial charge on any atom is 0.274 e. The lowest BCUT2D eigenvalue weighted by Gasteiger charge is -2.12. The molecule has 0 aliphatic rings. The molecule has 0 saturated carbocycles. The monoisotopic (exact) mass is 350 g/mol. The van der Waals surface area contributed by atoms with Crippen LogP contribution >= 0.6 is 0 Å². The van der Waals surface area contributed by atoms with Crippen LogP contribution in [0.4, 0.5) is 15.8 Å². The fourth-order valence-corrected chi connectivity index (χ4v) is 2.53. The number of aromatic nitrogens is 2. The number of methoxy groups -OCH3 is 1. The van der Waals surface area contributed by atoms with Crippen molar-refractivity contribution in [1.29, 1.82) is 0 Å². The van der Waals surface area contributed by atoms with E-state index in [9.17, 15) is 9.18 Å². The summed E-state index contributed by atoms with van der Waals surface area (Å²) in [6, 6.07) is 12.6. The van der Waals surface area contributed by atoms with E-state index in [4.69, 9.17) is 11.3 Å². The third-order valence-corrected chi connectivity index (χ3v) is 3.70. The van der Waals surface area contributed by atoms with Gasteiger partial charge in [-0.15, -0.1) is 0 Å². The molecule has 6 nitrogen and oxygen atoms in total. The van der Waals surface area contributed by atoms with Crippen LogP contribution in [0, 0.1) is 19.3 Å². The number of hydrogen-bond donors (Lipinski definition) is 1. The van der Waals surface area contributed by atoms with Gasteiger partial charge in [0.05, 0.1) is 25.1 Å². The van der Waals surface area contributed by atoms with Crippen molar-refractivity contribution in [2.45, 2.75) is 6.92 Å². The van der Waals surface area contributed by atoms with E-state index in [1.807, 2.05) is 0 Å². The Morgan fingerprint density at radius 1 is 1.27 bits per heavy atom. The molecular weight excluding hydrogens is 335 g/mol. The van der Waals surface area contributed by atoms with Crippen molar-refractivity contribution in [2.24, 2.45) is 0 Å². The SMILES string of the molecule is [C-]#[N+]c1cccc(-n2nc(C)cc2C(=O)Nc2c(F)cccc2OC)c1. The lowest BCUT2D eigenvalue weighted by Crippen LogP contribution is -2.18. The molecule has 0 saturated heterocycles. The van der Waals surface area contributed by atoms with Crippen LogP contribution in [0.5, 0.6) is 5.75 Å². The van der Waals surface area contributed by atoms with E-state index >= 15 is 0 Å². The standard InChI is InChI=1S/C19H15FN4O2/c1-12-10-16(24(23-12)14-7-4-6-13(11-14)21-2)19(25)22-18-15(20)8-5-9-17(18)26-3/h4-11H,1,3H3,(H,22,25). The highest BCUT2D eigenvalue weighted by Gasteiger charge is 2.19. The maximum absolute atomic E-state index is 14.1.